The molecule has 0 saturated carbocycles. The molecule has 54 heavy (non-hydrogen) atoms. The number of fused-ring (bicyclic) bond motifs is 11. The van der Waals surface area contributed by atoms with Crippen molar-refractivity contribution in [2.24, 2.45) is 0 Å². The van der Waals surface area contributed by atoms with Crippen LogP contribution in [0.25, 0.3) is 61.0 Å². The highest BCUT2D eigenvalue weighted by Crippen LogP contribution is 2.38. The van der Waals surface area contributed by atoms with Crippen LogP contribution in [0.2, 0.25) is 0 Å². The number of pyridine rings is 2. The Morgan fingerprint density at radius 1 is 0.648 bits per heavy atom. The van der Waals surface area contributed by atoms with Crippen molar-refractivity contribution in [2.45, 2.75) is 40.0 Å². The van der Waals surface area contributed by atoms with Gasteiger partial charge in [0.2, 0.25) is 0 Å². The van der Waals surface area contributed by atoms with E-state index in [0.717, 1.165) is 61.4 Å². The van der Waals surface area contributed by atoms with Crippen molar-refractivity contribution >= 4 is 73.1 Å². The van der Waals surface area contributed by atoms with Crippen LogP contribution in [0.5, 0.6) is 11.5 Å². The minimum atomic E-state index is -0.00176. The first-order chi connectivity index (χ1) is 26.2. The summed E-state index contributed by atoms with van der Waals surface area (Å²) in [6.45, 7) is 11.2. The summed E-state index contributed by atoms with van der Waals surface area (Å²) in [6.07, 6.45) is 6.23. The SMILES string of the molecule is Cc1cccc(C)c1B1c2c(nc3c4cc(Oc5ccc6c7ccccc7n(-c7cc(C(C)(C)C)ccn7)c6c5)ccc4c4ccccc4n23)C=CN1C. The molecule has 0 amide bonds. The zero-order valence-corrected chi connectivity index (χ0v) is 31.4. The van der Waals surface area contributed by atoms with E-state index in [4.69, 9.17) is 14.7 Å². The van der Waals surface area contributed by atoms with E-state index in [1.165, 1.54) is 38.5 Å². The Bertz CT molecular complexity index is 3000. The summed E-state index contributed by atoms with van der Waals surface area (Å²) in [7, 11) is 2.16. The average molecular weight is 702 g/mol. The predicted octanol–water partition coefficient (Wildman–Crippen LogP) is 9.86. The van der Waals surface area contributed by atoms with Crippen LogP contribution in [-0.4, -0.2) is 37.6 Å². The highest BCUT2D eigenvalue weighted by molar-refractivity contribution is 6.84. The summed E-state index contributed by atoms with van der Waals surface area (Å²) in [4.78, 5) is 12.6. The van der Waals surface area contributed by atoms with Crippen LogP contribution in [0.3, 0.4) is 0 Å². The van der Waals surface area contributed by atoms with Crippen LogP contribution in [-0.2, 0) is 5.41 Å². The van der Waals surface area contributed by atoms with Gasteiger partial charge in [-0.3, -0.25) is 4.57 Å². The number of aryl methyl sites for hydroxylation is 2. The molecule has 0 fully saturated rings. The Balaban J connectivity index is 1.15. The molecule has 0 atom stereocenters. The number of imidazole rings is 1. The van der Waals surface area contributed by atoms with E-state index in [-0.39, 0.29) is 12.3 Å². The van der Waals surface area contributed by atoms with Crippen molar-refractivity contribution < 1.29 is 4.74 Å². The molecule has 7 heteroatoms. The van der Waals surface area contributed by atoms with Crippen molar-refractivity contribution in [2.75, 3.05) is 7.05 Å². The number of hydrogen-bond acceptors (Lipinski definition) is 4. The highest BCUT2D eigenvalue weighted by Gasteiger charge is 2.35. The molecule has 0 unspecified atom stereocenters. The zero-order chi connectivity index (χ0) is 36.9. The number of ether oxygens (including phenoxy) is 1. The molecular weight excluding hydrogens is 661 g/mol. The Hall–Kier alpha value is -6.34. The average Bonchev–Trinajstić information content (AvgIpc) is 3.72. The molecule has 1 aliphatic rings. The third-order valence-corrected chi connectivity index (χ3v) is 11.3. The molecule has 4 aromatic heterocycles. The van der Waals surface area contributed by atoms with E-state index < -0.39 is 0 Å². The van der Waals surface area contributed by atoms with Gasteiger partial charge >= 0.3 is 6.85 Å². The van der Waals surface area contributed by atoms with Crippen LogP contribution in [0.15, 0.2) is 128 Å². The molecule has 5 aromatic carbocycles. The summed E-state index contributed by atoms with van der Waals surface area (Å²) in [5, 5.41) is 5.72. The van der Waals surface area contributed by atoms with Gasteiger partial charge in [-0.05, 0) is 110 Å². The van der Waals surface area contributed by atoms with Gasteiger partial charge in [-0.25, -0.2) is 9.97 Å². The fourth-order valence-corrected chi connectivity index (χ4v) is 8.63. The van der Waals surface area contributed by atoms with E-state index in [2.05, 4.69) is 183 Å². The minimum Gasteiger partial charge on any atom is -0.457 e. The van der Waals surface area contributed by atoms with Crippen LogP contribution in [0, 0.1) is 13.8 Å². The summed E-state index contributed by atoms with van der Waals surface area (Å²) in [6, 6.07) is 40.9. The largest absolute Gasteiger partial charge is 0.457 e. The summed E-state index contributed by atoms with van der Waals surface area (Å²) in [5.74, 6) is 2.42. The fourth-order valence-electron chi connectivity index (χ4n) is 8.63. The van der Waals surface area contributed by atoms with Gasteiger partial charge in [0, 0.05) is 39.4 Å². The molecule has 0 N–H and O–H groups in total. The zero-order valence-electron chi connectivity index (χ0n) is 31.4. The molecule has 0 bridgehead atoms. The fraction of sp³-hybridized carbons (Fsp3) is 0.149. The Morgan fingerprint density at radius 3 is 2.07 bits per heavy atom. The van der Waals surface area contributed by atoms with Gasteiger partial charge in [0.1, 0.15) is 23.0 Å². The van der Waals surface area contributed by atoms with Crippen molar-refractivity contribution in [3.8, 4) is 17.3 Å². The van der Waals surface area contributed by atoms with Crippen LogP contribution >= 0.6 is 0 Å². The standard InChI is InChI=1S/C47H40BN5O/c1-29-12-11-13-30(2)44(29)48-45-39(23-25-51(48)6)50-46-38-27-32(18-20-34(38)35-14-7-10-17-41(35)53(45)46)54-33-19-21-37-36-15-8-9-16-40(36)52(42(37)28-33)43-26-31(22-24-49-43)47(3,4)5/h7-28H,1-6H3. The van der Waals surface area contributed by atoms with E-state index in [9.17, 15) is 0 Å². The molecule has 262 valence electrons. The van der Waals surface area contributed by atoms with Crippen molar-refractivity contribution in [3.63, 3.8) is 0 Å². The Kier molecular flexibility index (Phi) is 7.09. The lowest BCUT2D eigenvalue weighted by Gasteiger charge is -2.30. The molecule has 0 aliphatic carbocycles. The van der Waals surface area contributed by atoms with Crippen LogP contribution < -0.4 is 15.8 Å². The lowest BCUT2D eigenvalue weighted by atomic mass is 9.48. The van der Waals surface area contributed by atoms with E-state index >= 15 is 0 Å². The first-order valence-electron chi connectivity index (χ1n) is 18.7. The van der Waals surface area contributed by atoms with Gasteiger partial charge in [0.25, 0.3) is 0 Å². The molecule has 6 nitrogen and oxygen atoms in total. The van der Waals surface area contributed by atoms with E-state index in [1.807, 2.05) is 6.20 Å². The second kappa shape index (κ2) is 11.8. The molecule has 10 rings (SSSR count). The summed E-state index contributed by atoms with van der Waals surface area (Å²) >= 11 is 0. The van der Waals surface area contributed by atoms with Gasteiger partial charge in [0.05, 0.1) is 22.2 Å². The van der Waals surface area contributed by atoms with Gasteiger partial charge in [-0.2, -0.15) is 0 Å². The molecule has 5 heterocycles. The Labute approximate surface area is 315 Å². The highest BCUT2D eigenvalue weighted by atomic mass is 16.5. The molecule has 0 spiro atoms. The number of benzene rings is 5. The number of nitrogens with zero attached hydrogens (tertiary/aromatic N) is 5. The second-order valence-electron chi connectivity index (χ2n) is 15.7. The van der Waals surface area contributed by atoms with E-state index in [0.29, 0.717) is 0 Å². The smallest absolute Gasteiger partial charge is 0.344 e. The predicted molar refractivity (Wildman–Crippen MR) is 225 cm³/mol. The van der Waals surface area contributed by atoms with Crippen LogP contribution in [0.1, 0.15) is 43.2 Å². The lowest BCUT2D eigenvalue weighted by Crippen LogP contribution is -2.58. The van der Waals surface area contributed by atoms with Crippen molar-refractivity contribution in [1.82, 2.24) is 23.7 Å². The van der Waals surface area contributed by atoms with Gasteiger partial charge in [0.15, 0.2) is 0 Å². The third kappa shape index (κ3) is 4.88. The number of rotatable bonds is 4. The number of aromatic nitrogens is 4. The molecule has 0 saturated heterocycles. The lowest BCUT2D eigenvalue weighted by molar-refractivity contribution is 0.484. The van der Waals surface area contributed by atoms with Gasteiger partial charge in [-0.15, -0.1) is 0 Å². The van der Waals surface area contributed by atoms with Gasteiger partial charge in [-0.1, -0.05) is 86.5 Å². The maximum Gasteiger partial charge on any atom is 0.344 e. The quantitative estimate of drug-likeness (QED) is 0.135. The molecule has 0 radical (unpaired) electrons. The maximum absolute atomic E-state index is 6.77. The normalized spacial score (nSPS) is 13.2. The van der Waals surface area contributed by atoms with Crippen molar-refractivity contribution in [1.29, 1.82) is 0 Å². The number of para-hydroxylation sites is 2. The Morgan fingerprint density at radius 2 is 1.31 bits per heavy atom. The first kappa shape index (κ1) is 32.3. The molecule has 1 aliphatic heterocycles. The molecule has 9 aromatic rings. The third-order valence-electron chi connectivity index (χ3n) is 11.3. The first-order valence-corrected chi connectivity index (χ1v) is 18.7. The van der Waals surface area contributed by atoms with Crippen molar-refractivity contribution in [3.05, 3.63) is 150 Å². The van der Waals surface area contributed by atoms with Gasteiger partial charge < -0.3 is 13.9 Å². The number of hydrogen-bond donors (Lipinski definition) is 0. The maximum atomic E-state index is 6.77. The van der Waals surface area contributed by atoms with E-state index in [1.54, 1.807) is 0 Å². The summed E-state index contributed by atoms with van der Waals surface area (Å²) < 4.78 is 11.4. The minimum absolute atomic E-state index is 0.00176. The topological polar surface area (TPSA) is 47.6 Å². The summed E-state index contributed by atoms with van der Waals surface area (Å²) in [5.41, 5.74) is 11.5. The van der Waals surface area contributed by atoms with Crippen LogP contribution in [0.4, 0.5) is 0 Å². The molecular formula is C47H40BN5O. The monoisotopic (exact) mass is 701 g/mol. The second-order valence-corrected chi connectivity index (χ2v) is 15.7.